The first-order valence-electron chi connectivity index (χ1n) is 7.01. The Balaban J connectivity index is 2.00. The third kappa shape index (κ3) is 4.79. The maximum atomic E-state index is 12.8. The number of halogens is 2. The SMILES string of the molecule is COc1cc(Br)c(/C=N/NC(=O)Cc2ccc(F)cc2)cc1OC. The van der Waals surface area contributed by atoms with Gasteiger partial charge in [-0.3, -0.25) is 4.79 Å². The molecule has 7 heteroatoms. The minimum Gasteiger partial charge on any atom is -0.493 e. The van der Waals surface area contributed by atoms with Crippen LogP contribution in [-0.4, -0.2) is 26.3 Å². The Morgan fingerprint density at radius 1 is 1.21 bits per heavy atom. The summed E-state index contributed by atoms with van der Waals surface area (Å²) < 4.78 is 24.0. The van der Waals surface area contributed by atoms with Gasteiger partial charge in [0, 0.05) is 10.0 Å². The average molecular weight is 395 g/mol. The lowest BCUT2D eigenvalue weighted by Gasteiger charge is -2.09. The molecule has 0 spiro atoms. The highest BCUT2D eigenvalue weighted by Crippen LogP contribution is 2.32. The van der Waals surface area contributed by atoms with E-state index in [0.717, 1.165) is 10.0 Å². The molecule has 2 aromatic carbocycles. The van der Waals surface area contributed by atoms with Crippen molar-refractivity contribution in [2.45, 2.75) is 6.42 Å². The van der Waals surface area contributed by atoms with Gasteiger partial charge < -0.3 is 9.47 Å². The normalized spacial score (nSPS) is 10.7. The summed E-state index contributed by atoms with van der Waals surface area (Å²) in [6, 6.07) is 9.23. The lowest BCUT2D eigenvalue weighted by molar-refractivity contribution is -0.120. The van der Waals surface area contributed by atoms with E-state index in [1.54, 1.807) is 31.4 Å². The van der Waals surface area contributed by atoms with E-state index in [4.69, 9.17) is 9.47 Å². The van der Waals surface area contributed by atoms with Crippen molar-refractivity contribution in [3.05, 3.63) is 57.8 Å². The van der Waals surface area contributed by atoms with Crippen LogP contribution in [0.3, 0.4) is 0 Å². The van der Waals surface area contributed by atoms with E-state index in [-0.39, 0.29) is 18.1 Å². The first-order chi connectivity index (χ1) is 11.5. The van der Waals surface area contributed by atoms with E-state index in [1.807, 2.05) is 0 Å². The standard InChI is InChI=1S/C17H16BrFN2O3/c1-23-15-8-12(14(18)9-16(15)24-2)10-20-21-17(22)7-11-3-5-13(19)6-4-11/h3-6,8-10H,7H2,1-2H3,(H,21,22)/b20-10+. The molecular formula is C17H16BrFN2O3. The van der Waals surface area contributed by atoms with Gasteiger partial charge in [-0.2, -0.15) is 5.10 Å². The number of nitrogens with zero attached hydrogens (tertiary/aromatic N) is 1. The van der Waals surface area contributed by atoms with Crippen LogP contribution in [-0.2, 0) is 11.2 Å². The van der Waals surface area contributed by atoms with Gasteiger partial charge in [0.15, 0.2) is 11.5 Å². The smallest absolute Gasteiger partial charge is 0.244 e. The van der Waals surface area contributed by atoms with E-state index >= 15 is 0 Å². The monoisotopic (exact) mass is 394 g/mol. The number of carbonyl (C=O) groups excluding carboxylic acids is 1. The van der Waals surface area contributed by atoms with Crippen molar-refractivity contribution in [1.29, 1.82) is 0 Å². The van der Waals surface area contributed by atoms with E-state index < -0.39 is 0 Å². The molecule has 0 atom stereocenters. The summed E-state index contributed by atoms with van der Waals surface area (Å²) in [5.74, 6) is 0.506. The largest absolute Gasteiger partial charge is 0.493 e. The zero-order valence-corrected chi connectivity index (χ0v) is 14.8. The Kier molecular flexibility index (Phi) is 6.31. The maximum absolute atomic E-state index is 12.8. The summed E-state index contributed by atoms with van der Waals surface area (Å²) in [5, 5.41) is 3.92. The van der Waals surface area contributed by atoms with Gasteiger partial charge in [0.05, 0.1) is 26.9 Å². The van der Waals surface area contributed by atoms with Gasteiger partial charge in [-0.1, -0.05) is 12.1 Å². The average Bonchev–Trinajstić information content (AvgIpc) is 2.58. The van der Waals surface area contributed by atoms with Gasteiger partial charge >= 0.3 is 0 Å². The molecule has 0 heterocycles. The van der Waals surface area contributed by atoms with Crippen LogP contribution < -0.4 is 14.9 Å². The van der Waals surface area contributed by atoms with Gasteiger partial charge in [-0.05, 0) is 45.8 Å². The van der Waals surface area contributed by atoms with Crippen LogP contribution in [0.25, 0.3) is 0 Å². The summed E-state index contributed by atoms with van der Waals surface area (Å²) >= 11 is 3.40. The van der Waals surface area contributed by atoms with Crippen LogP contribution in [0.15, 0.2) is 46.0 Å². The Labute approximate surface area is 147 Å². The lowest BCUT2D eigenvalue weighted by Crippen LogP contribution is -2.19. The van der Waals surface area contributed by atoms with Crippen LogP contribution in [0.1, 0.15) is 11.1 Å². The Morgan fingerprint density at radius 3 is 2.46 bits per heavy atom. The van der Waals surface area contributed by atoms with E-state index in [0.29, 0.717) is 17.1 Å². The molecule has 5 nitrogen and oxygen atoms in total. The number of nitrogens with one attached hydrogen (secondary N) is 1. The summed E-state index contributed by atoms with van der Waals surface area (Å²) in [6.07, 6.45) is 1.61. The molecule has 0 unspecified atom stereocenters. The van der Waals surface area contributed by atoms with Crippen molar-refractivity contribution in [2.24, 2.45) is 5.10 Å². The fourth-order valence-corrected chi connectivity index (χ4v) is 2.39. The molecule has 0 aliphatic rings. The minimum absolute atomic E-state index is 0.116. The Hall–Kier alpha value is -2.41. The number of rotatable bonds is 6. The van der Waals surface area contributed by atoms with Crippen LogP contribution >= 0.6 is 15.9 Å². The fourth-order valence-electron chi connectivity index (χ4n) is 1.97. The highest BCUT2D eigenvalue weighted by Gasteiger charge is 2.08. The number of hydrazone groups is 1. The highest BCUT2D eigenvalue weighted by molar-refractivity contribution is 9.10. The molecule has 0 aliphatic heterocycles. The van der Waals surface area contributed by atoms with Crippen molar-refractivity contribution >= 4 is 28.1 Å². The van der Waals surface area contributed by atoms with Gasteiger partial charge in [0.25, 0.3) is 0 Å². The van der Waals surface area contributed by atoms with Crippen LogP contribution in [0.2, 0.25) is 0 Å². The molecule has 2 aromatic rings. The quantitative estimate of drug-likeness (QED) is 0.603. The molecule has 1 amide bonds. The predicted octanol–water partition coefficient (Wildman–Crippen LogP) is 3.30. The number of methoxy groups -OCH3 is 2. The van der Waals surface area contributed by atoms with Crippen molar-refractivity contribution < 1.29 is 18.7 Å². The lowest BCUT2D eigenvalue weighted by atomic mass is 10.1. The molecule has 126 valence electrons. The van der Waals surface area contributed by atoms with Crippen molar-refractivity contribution in [2.75, 3.05) is 14.2 Å². The number of ether oxygens (including phenoxy) is 2. The summed E-state index contributed by atoms with van der Waals surface area (Å²) in [4.78, 5) is 11.8. The summed E-state index contributed by atoms with van der Waals surface area (Å²) in [5.41, 5.74) is 3.85. The number of benzene rings is 2. The number of hydrogen-bond acceptors (Lipinski definition) is 4. The zero-order chi connectivity index (χ0) is 17.5. The van der Waals surface area contributed by atoms with E-state index in [9.17, 15) is 9.18 Å². The molecular weight excluding hydrogens is 379 g/mol. The first kappa shape index (κ1) is 17.9. The van der Waals surface area contributed by atoms with Gasteiger partial charge in [-0.15, -0.1) is 0 Å². The highest BCUT2D eigenvalue weighted by atomic mass is 79.9. The zero-order valence-electron chi connectivity index (χ0n) is 13.2. The topological polar surface area (TPSA) is 59.9 Å². The fraction of sp³-hybridized carbons (Fsp3) is 0.176. The molecule has 24 heavy (non-hydrogen) atoms. The summed E-state index contributed by atoms with van der Waals surface area (Å²) in [6.45, 7) is 0. The Morgan fingerprint density at radius 2 is 1.83 bits per heavy atom. The van der Waals surface area contributed by atoms with Crippen molar-refractivity contribution in [3.8, 4) is 11.5 Å². The van der Waals surface area contributed by atoms with Crippen molar-refractivity contribution in [1.82, 2.24) is 5.43 Å². The molecule has 0 bridgehead atoms. The second kappa shape index (κ2) is 8.44. The molecule has 1 N–H and O–H groups in total. The first-order valence-corrected chi connectivity index (χ1v) is 7.80. The maximum Gasteiger partial charge on any atom is 0.244 e. The third-order valence-electron chi connectivity index (χ3n) is 3.17. The van der Waals surface area contributed by atoms with Gasteiger partial charge in [0.2, 0.25) is 5.91 Å². The van der Waals surface area contributed by atoms with Crippen LogP contribution in [0.5, 0.6) is 11.5 Å². The predicted molar refractivity (Wildman–Crippen MR) is 93.1 cm³/mol. The minimum atomic E-state index is -0.338. The number of carbonyl (C=O) groups is 1. The molecule has 0 fully saturated rings. The summed E-state index contributed by atoms with van der Waals surface area (Å²) in [7, 11) is 3.09. The van der Waals surface area contributed by atoms with Gasteiger partial charge in [0.1, 0.15) is 5.82 Å². The molecule has 2 rings (SSSR count). The molecule has 0 aromatic heterocycles. The molecule has 0 saturated carbocycles. The Bertz CT molecular complexity index is 748. The van der Waals surface area contributed by atoms with Crippen molar-refractivity contribution in [3.63, 3.8) is 0 Å². The third-order valence-corrected chi connectivity index (χ3v) is 3.86. The van der Waals surface area contributed by atoms with Crippen LogP contribution in [0.4, 0.5) is 4.39 Å². The van der Waals surface area contributed by atoms with Gasteiger partial charge in [-0.25, -0.2) is 9.82 Å². The number of hydrogen-bond donors (Lipinski definition) is 1. The van der Waals surface area contributed by atoms with Crippen LogP contribution in [0, 0.1) is 5.82 Å². The molecule has 0 saturated heterocycles. The van der Waals surface area contributed by atoms with E-state index in [2.05, 4.69) is 26.5 Å². The second-order valence-electron chi connectivity index (χ2n) is 4.83. The molecule has 0 aliphatic carbocycles. The second-order valence-corrected chi connectivity index (χ2v) is 5.68. The molecule has 0 radical (unpaired) electrons. The van der Waals surface area contributed by atoms with E-state index in [1.165, 1.54) is 25.5 Å². The number of amides is 1.